The summed E-state index contributed by atoms with van der Waals surface area (Å²) in [6.45, 7) is 2.48. The molecule has 5 heterocycles. The Kier molecular flexibility index (Phi) is 5.32. The average molecular weight is 638 g/mol. The van der Waals surface area contributed by atoms with Crippen molar-refractivity contribution in [1.29, 1.82) is 0 Å². The lowest BCUT2D eigenvalue weighted by molar-refractivity contribution is 0.0981. The Bertz CT molecular complexity index is 1960. The third-order valence-corrected chi connectivity index (χ3v) is 11.7. The summed E-state index contributed by atoms with van der Waals surface area (Å²) in [6, 6.07) is 6.75. The fourth-order valence-electron chi connectivity index (χ4n) is 7.93. The van der Waals surface area contributed by atoms with Crippen LogP contribution in [0.1, 0.15) is 81.0 Å². The first kappa shape index (κ1) is 24.4. The molecule has 4 fully saturated rings. The van der Waals surface area contributed by atoms with Gasteiger partial charge < -0.3 is 20.1 Å². The van der Waals surface area contributed by atoms with Crippen molar-refractivity contribution in [3.8, 4) is 17.4 Å². The minimum atomic E-state index is -4.44. The van der Waals surface area contributed by atoms with Crippen molar-refractivity contribution in [2.75, 3.05) is 29.9 Å². The van der Waals surface area contributed by atoms with Crippen LogP contribution in [0.15, 0.2) is 41.6 Å². The molecule has 45 heavy (non-hydrogen) atoms. The van der Waals surface area contributed by atoms with Crippen LogP contribution in [-0.2, 0) is 10.0 Å². The van der Waals surface area contributed by atoms with Gasteiger partial charge in [0, 0.05) is 33.6 Å². The number of pyridine rings is 2. The van der Waals surface area contributed by atoms with Crippen molar-refractivity contribution >= 4 is 27.6 Å². The third-order valence-electron chi connectivity index (χ3n) is 10.5. The van der Waals surface area contributed by atoms with Crippen molar-refractivity contribution in [1.82, 2.24) is 24.5 Å². The number of aromatic nitrogens is 4. The van der Waals surface area contributed by atoms with Crippen LogP contribution in [0.2, 0.25) is 0 Å². The summed E-state index contributed by atoms with van der Waals surface area (Å²) >= 11 is 0. The highest BCUT2D eigenvalue weighted by Crippen LogP contribution is 2.93. The van der Waals surface area contributed by atoms with Crippen molar-refractivity contribution < 1.29 is 28.5 Å². The van der Waals surface area contributed by atoms with Crippen molar-refractivity contribution in [3.63, 3.8) is 0 Å². The number of amides is 1. The maximum Gasteiger partial charge on any atom is 0.281 e. The van der Waals surface area contributed by atoms with Crippen molar-refractivity contribution in [2.45, 2.75) is 75.7 Å². The van der Waals surface area contributed by atoms with Crippen molar-refractivity contribution in [2.24, 2.45) is 22.7 Å². The Labute approximate surface area is 268 Å². The second kappa shape index (κ2) is 9.81. The number of anilines is 2. The first-order valence-corrected chi connectivity index (χ1v) is 17.0. The number of carbonyl (C=O) groups excluding carboxylic acids is 1. The number of aromatic hydroxyl groups is 1. The van der Waals surface area contributed by atoms with Gasteiger partial charge in [-0.2, -0.15) is 8.42 Å². The molecule has 5 aliphatic rings. The molecule has 0 radical (unpaired) electrons. The van der Waals surface area contributed by atoms with Gasteiger partial charge in [-0.05, 0) is 112 Å². The van der Waals surface area contributed by atoms with Gasteiger partial charge in [-0.25, -0.2) is 19.4 Å². The van der Waals surface area contributed by atoms with Gasteiger partial charge in [0.1, 0.15) is 5.82 Å². The van der Waals surface area contributed by atoms with E-state index < -0.39 is 39.4 Å². The Hall–Kier alpha value is -3.87. The second-order valence-corrected chi connectivity index (χ2v) is 15.4. The summed E-state index contributed by atoms with van der Waals surface area (Å²) in [5, 5.41) is 17.2. The molecule has 238 valence electrons. The Balaban J connectivity index is 1.11. The molecule has 3 aromatic heterocycles. The lowest BCUT2D eigenvalue weighted by Crippen LogP contribution is -2.41. The quantitative estimate of drug-likeness (QED) is 0.370. The van der Waals surface area contributed by atoms with E-state index in [1.54, 1.807) is 0 Å². The molecule has 0 aromatic carbocycles. The lowest BCUT2D eigenvalue weighted by Gasteiger charge is -2.34. The van der Waals surface area contributed by atoms with Crippen LogP contribution in [0.3, 0.4) is 0 Å². The molecular weight excluding hydrogens is 594 g/mol. The van der Waals surface area contributed by atoms with Gasteiger partial charge >= 0.3 is 0 Å². The van der Waals surface area contributed by atoms with Gasteiger partial charge in [-0.15, -0.1) is 5.10 Å². The van der Waals surface area contributed by atoms with Gasteiger partial charge in [-0.1, -0.05) is 0 Å². The van der Waals surface area contributed by atoms with Gasteiger partial charge in [0.25, 0.3) is 15.9 Å². The summed E-state index contributed by atoms with van der Waals surface area (Å²) in [6.07, 6.45) is 5.43. The van der Waals surface area contributed by atoms with E-state index in [4.69, 9.17) is 15.2 Å². The van der Waals surface area contributed by atoms with Gasteiger partial charge in [0.2, 0.25) is 5.88 Å². The second-order valence-electron chi connectivity index (χ2n) is 13.7. The highest BCUT2D eigenvalue weighted by molar-refractivity contribution is 7.90. The number of sulfonamides is 1. The smallest absolute Gasteiger partial charge is 0.281 e. The number of rotatable bonds is 5. The predicted octanol–water partition coefficient (Wildman–Crippen LogP) is 4.26. The van der Waals surface area contributed by atoms with E-state index in [1.165, 1.54) is 35.1 Å². The van der Waals surface area contributed by atoms with Crippen LogP contribution in [-0.4, -0.2) is 64.4 Å². The maximum absolute atomic E-state index is 13.7. The summed E-state index contributed by atoms with van der Waals surface area (Å²) in [4.78, 5) is 24.6. The van der Waals surface area contributed by atoms with E-state index in [0.717, 1.165) is 51.0 Å². The average Bonchev–Trinajstić information content (AvgIpc) is 3.98. The molecule has 1 atom stereocenters. The zero-order valence-electron chi connectivity index (χ0n) is 29.2. The SMILES string of the molecule is [2H]C([2H])(Oc1ccn(-c2ccc3c(n2)N2C[C@@H](CCCNc4nc(ccc4O)S(=O)(=O)NC3=O)CC2(C)C)n1)C([2H])([2H])C1C2(CC2)C12CC2. The normalized spacial score (nSPS) is 27.0. The fraction of sp³-hybridized carbons (Fsp3) is 0.562. The summed E-state index contributed by atoms with van der Waals surface area (Å²) in [7, 11) is -4.44. The summed E-state index contributed by atoms with van der Waals surface area (Å²) < 4.78 is 70.5. The van der Waals surface area contributed by atoms with Crippen LogP contribution < -0.4 is 19.7 Å². The molecule has 2 aliphatic heterocycles. The molecule has 12 nitrogen and oxygen atoms in total. The topological polar surface area (TPSA) is 152 Å². The molecule has 3 aliphatic carbocycles. The number of hydrogen-bond acceptors (Lipinski definition) is 10. The van der Waals surface area contributed by atoms with Crippen LogP contribution in [0.4, 0.5) is 11.6 Å². The van der Waals surface area contributed by atoms with Crippen LogP contribution in [0, 0.1) is 22.7 Å². The number of hydrogen-bond donors (Lipinski definition) is 3. The minimum absolute atomic E-state index is 0.0169. The first-order chi connectivity index (χ1) is 23.0. The Morgan fingerprint density at radius 2 is 1.89 bits per heavy atom. The Morgan fingerprint density at radius 3 is 2.64 bits per heavy atom. The molecule has 2 spiro atoms. The molecule has 8 rings (SSSR count). The molecule has 0 unspecified atom stereocenters. The van der Waals surface area contributed by atoms with E-state index in [1.807, 2.05) is 18.7 Å². The number of fused-ring (bicyclic) bond motifs is 7. The molecule has 3 N–H and O–H groups in total. The molecule has 3 saturated carbocycles. The lowest BCUT2D eigenvalue weighted by atomic mass is 9.93. The molecule has 13 heteroatoms. The van der Waals surface area contributed by atoms with Gasteiger partial charge in [-0.3, -0.25) is 4.79 Å². The number of ether oxygens (including phenoxy) is 1. The fourth-order valence-corrected chi connectivity index (χ4v) is 8.85. The monoisotopic (exact) mass is 637 g/mol. The predicted molar refractivity (Wildman–Crippen MR) is 166 cm³/mol. The van der Waals surface area contributed by atoms with E-state index in [-0.39, 0.29) is 57.3 Å². The highest BCUT2D eigenvalue weighted by atomic mass is 32.2. The number of nitrogens with zero attached hydrogens (tertiary/aromatic N) is 5. The van der Waals surface area contributed by atoms with Crippen molar-refractivity contribution in [3.05, 3.63) is 42.1 Å². The van der Waals surface area contributed by atoms with E-state index in [0.29, 0.717) is 13.1 Å². The first-order valence-electron chi connectivity index (χ1n) is 17.5. The molecule has 1 saturated heterocycles. The number of carbonyl (C=O) groups is 1. The maximum atomic E-state index is 13.7. The highest BCUT2D eigenvalue weighted by Gasteiger charge is 2.85. The number of nitrogens with one attached hydrogen (secondary N) is 2. The van der Waals surface area contributed by atoms with Crippen LogP contribution in [0.5, 0.6) is 11.6 Å². The Morgan fingerprint density at radius 1 is 1.11 bits per heavy atom. The summed E-state index contributed by atoms with van der Waals surface area (Å²) in [5.74, 6) is -0.806. The van der Waals surface area contributed by atoms with E-state index >= 15 is 0 Å². The van der Waals surface area contributed by atoms with Gasteiger partial charge in [0.15, 0.2) is 22.4 Å². The molecular formula is C32H39N7O5S. The standard InChI is InChI=1S/C32H39N7O5S/c1-30(2)18-20-4-3-15-33-27-22(40)6-8-26(35-27)45(42,43)37-29(41)21-5-7-24(34-28(21)38(30)19-20)39-16-9-25(36-39)44-17-10-23-31(11-12-31)32(23)13-14-32/h5-9,16,20,23,40H,3-4,10-15,17-19H2,1-2H3,(H,33,35)(H,37,41)/t20-/m0/s1/i10D2,17D2. The molecule has 1 amide bonds. The van der Waals surface area contributed by atoms with Crippen LogP contribution >= 0.6 is 0 Å². The largest absolute Gasteiger partial charge is 0.504 e. The van der Waals surface area contributed by atoms with Crippen LogP contribution in [0.25, 0.3) is 5.82 Å². The zero-order chi connectivity index (χ0) is 34.8. The van der Waals surface area contributed by atoms with E-state index in [2.05, 4.69) is 20.1 Å². The molecule has 4 bridgehead atoms. The zero-order valence-corrected chi connectivity index (χ0v) is 26.0. The van der Waals surface area contributed by atoms with E-state index in [9.17, 15) is 18.3 Å². The summed E-state index contributed by atoms with van der Waals surface area (Å²) in [5.41, 5.74) is -0.564. The van der Waals surface area contributed by atoms with Gasteiger partial charge in [0.05, 0.1) is 14.9 Å². The molecule has 3 aromatic rings. The minimum Gasteiger partial charge on any atom is -0.504 e. The third kappa shape index (κ3) is 4.72.